The second kappa shape index (κ2) is 7.75. The average Bonchev–Trinajstić information content (AvgIpc) is 2.73. The van der Waals surface area contributed by atoms with Crippen LogP contribution in [0.1, 0.15) is 42.7 Å². The highest BCUT2D eigenvalue weighted by Crippen LogP contribution is 2.45. The number of hydrogen-bond acceptors (Lipinski definition) is 6. The molecule has 1 unspecified atom stereocenters. The number of Topliss-reactive ketones (excluding diaryl/α,β-unsaturated/α-hetero) is 1. The predicted octanol–water partition coefficient (Wildman–Crippen LogP) is 4.34. The number of benzene rings is 2. The highest BCUT2D eigenvalue weighted by Gasteiger charge is 2.41. The Hall–Kier alpha value is -3.88. The topological polar surface area (TPSA) is 124 Å². The van der Waals surface area contributed by atoms with Gasteiger partial charge in [0, 0.05) is 48.2 Å². The number of amides is 1. The van der Waals surface area contributed by atoms with Crippen LogP contribution in [-0.4, -0.2) is 21.5 Å². The Morgan fingerprint density at radius 1 is 0.968 bits per heavy atom. The molecule has 0 N–H and O–H groups in total. The summed E-state index contributed by atoms with van der Waals surface area (Å²) in [5.74, 6) is -0.975. The molecule has 0 saturated heterocycles. The molecule has 0 radical (unpaired) electrons. The van der Waals surface area contributed by atoms with Crippen molar-refractivity contribution in [1.82, 2.24) is 0 Å². The largest absolute Gasteiger partial charge is 0.294 e. The molecular weight excluding hydrogens is 402 g/mol. The van der Waals surface area contributed by atoms with Gasteiger partial charge in [0.15, 0.2) is 5.78 Å². The number of nitrogens with zero attached hydrogens (tertiary/aromatic N) is 3. The number of rotatable bonds is 4. The molecule has 31 heavy (non-hydrogen) atoms. The number of carbonyl (C=O) groups excluding carboxylic acids is 2. The molecular formula is C22H19N3O6. The lowest BCUT2D eigenvalue weighted by Crippen LogP contribution is -2.40. The van der Waals surface area contributed by atoms with E-state index < -0.39 is 15.8 Å². The number of non-ortho nitro benzene ring substituents is 1. The van der Waals surface area contributed by atoms with Gasteiger partial charge in [-0.3, -0.25) is 34.7 Å². The minimum atomic E-state index is -0.531. The zero-order chi connectivity index (χ0) is 22.3. The van der Waals surface area contributed by atoms with Gasteiger partial charge in [0.2, 0.25) is 5.91 Å². The van der Waals surface area contributed by atoms with Crippen LogP contribution in [0.5, 0.6) is 0 Å². The van der Waals surface area contributed by atoms with E-state index in [-0.39, 0.29) is 35.2 Å². The first-order chi connectivity index (χ1) is 14.8. The molecule has 2 aliphatic rings. The summed E-state index contributed by atoms with van der Waals surface area (Å²) in [5, 5.41) is 22.6. The van der Waals surface area contributed by atoms with Gasteiger partial charge in [-0.05, 0) is 37.0 Å². The first-order valence-electron chi connectivity index (χ1n) is 9.86. The SMILES string of the molecule is Cc1ccc(N2C(=O)CC(c3ccc([N+](=O)[O-])cc3)C3=C2CCCC3=O)c([N+](=O)[O-])c1. The van der Waals surface area contributed by atoms with E-state index in [4.69, 9.17) is 0 Å². The molecule has 9 heteroatoms. The summed E-state index contributed by atoms with van der Waals surface area (Å²) in [7, 11) is 0. The van der Waals surface area contributed by atoms with Crippen LogP contribution in [0.3, 0.4) is 0 Å². The summed E-state index contributed by atoms with van der Waals surface area (Å²) in [4.78, 5) is 49.0. The van der Waals surface area contributed by atoms with Gasteiger partial charge >= 0.3 is 0 Å². The third-order valence-corrected chi connectivity index (χ3v) is 5.75. The van der Waals surface area contributed by atoms with Gasteiger partial charge in [0.25, 0.3) is 11.4 Å². The van der Waals surface area contributed by atoms with Gasteiger partial charge < -0.3 is 0 Å². The van der Waals surface area contributed by atoms with Crippen LogP contribution in [-0.2, 0) is 9.59 Å². The first kappa shape index (κ1) is 20.4. The first-order valence-corrected chi connectivity index (χ1v) is 9.86. The second-order valence-corrected chi connectivity index (χ2v) is 7.72. The van der Waals surface area contributed by atoms with Gasteiger partial charge in [-0.2, -0.15) is 0 Å². The van der Waals surface area contributed by atoms with Gasteiger partial charge in [-0.1, -0.05) is 18.2 Å². The molecule has 158 valence electrons. The lowest BCUT2D eigenvalue weighted by atomic mass is 9.77. The number of ketones is 1. The molecule has 1 amide bonds. The van der Waals surface area contributed by atoms with Crippen LogP contribution in [0, 0.1) is 27.2 Å². The average molecular weight is 421 g/mol. The molecule has 9 nitrogen and oxygen atoms in total. The van der Waals surface area contributed by atoms with E-state index in [0.29, 0.717) is 41.7 Å². The zero-order valence-corrected chi connectivity index (χ0v) is 16.7. The Morgan fingerprint density at radius 2 is 1.68 bits per heavy atom. The van der Waals surface area contributed by atoms with E-state index in [1.165, 1.54) is 23.1 Å². The summed E-state index contributed by atoms with van der Waals surface area (Å²) >= 11 is 0. The van der Waals surface area contributed by atoms with E-state index in [2.05, 4.69) is 0 Å². The van der Waals surface area contributed by atoms with Crippen molar-refractivity contribution in [1.29, 1.82) is 0 Å². The van der Waals surface area contributed by atoms with Gasteiger partial charge in [-0.15, -0.1) is 0 Å². The molecule has 0 aromatic heterocycles. The van der Waals surface area contributed by atoms with E-state index in [1.807, 2.05) is 0 Å². The van der Waals surface area contributed by atoms with Crippen molar-refractivity contribution < 1.29 is 19.4 Å². The van der Waals surface area contributed by atoms with Gasteiger partial charge in [-0.25, -0.2) is 0 Å². The molecule has 1 heterocycles. The van der Waals surface area contributed by atoms with Gasteiger partial charge in [0.05, 0.1) is 9.85 Å². The second-order valence-electron chi connectivity index (χ2n) is 7.72. The number of aryl methyl sites for hydroxylation is 1. The normalized spacial score (nSPS) is 18.7. The van der Waals surface area contributed by atoms with Crippen LogP contribution in [0.15, 0.2) is 53.7 Å². The van der Waals surface area contributed by atoms with Crippen molar-refractivity contribution in [3.05, 3.63) is 85.1 Å². The Kier molecular flexibility index (Phi) is 5.10. The molecule has 1 atom stereocenters. The quantitative estimate of drug-likeness (QED) is 0.534. The van der Waals surface area contributed by atoms with Crippen molar-refractivity contribution in [3.8, 4) is 0 Å². The third kappa shape index (κ3) is 3.58. The Bertz CT molecular complexity index is 1150. The molecule has 0 bridgehead atoms. The van der Waals surface area contributed by atoms with E-state index >= 15 is 0 Å². The molecule has 0 saturated carbocycles. The van der Waals surface area contributed by atoms with Crippen molar-refractivity contribution >= 4 is 28.8 Å². The van der Waals surface area contributed by atoms with E-state index in [9.17, 15) is 29.8 Å². The summed E-state index contributed by atoms with van der Waals surface area (Å²) in [6.45, 7) is 1.73. The standard InChI is InChI=1S/C22H19N3O6/c1-13-5-10-17(19(11-13)25(30)31)23-18-3-2-4-20(26)22(18)16(12-21(23)27)14-6-8-15(9-7-14)24(28)29/h5-11,16H,2-4,12H2,1H3. The molecule has 1 aliphatic heterocycles. The lowest BCUT2D eigenvalue weighted by Gasteiger charge is -2.38. The molecule has 4 rings (SSSR count). The van der Waals surface area contributed by atoms with Crippen molar-refractivity contribution in [2.24, 2.45) is 0 Å². The number of allylic oxidation sites excluding steroid dienone is 2. The minimum absolute atomic E-state index is 0.0482. The Morgan fingerprint density at radius 3 is 2.32 bits per heavy atom. The number of anilines is 1. The highest BCUT2D eigenvalue weighted by atomic mass is 16.6. The monoisotopic (exact) mass is 421 g/mol. The van der Waals surface area contributed by atoms with Crippen LogP contribution in [0.4, 0.5) is 17.1 Å². The number of carbonyl (C=O) groups is 2. The molecule has 1 aliphatic carbocycles. The summed E-state index contributed by atoms with van der Waals surface area (Å²) in [6.07, 6.45) is 1.28. The van der Waals surface area contributed by atoms with Crippen molar-refractivity contribution in [2.75, 3.05) is 4.90 Å². The number of nitro benzene ring substituents is 2. The maximum Gasteiger partial charge on any atom is 0.293 e. The van der Waals surface area contributed by atoms with Crippen LogP contribution >= 0.6 is 0 Å². The molecule has 0 spiro atoms. The fourth-order valence-electron chi connectivity index (χ4n) is 4.35. The number of nitro groups is 2. The van der Waals surface area contributed by atoms with E-state index in [1.54, 1.807) is 31.2 Å². The number of hydrogen-bond donors (Lipinski definition) is 0. The van der Waals surface area contributed by atoms with Crippen LogP contribution < -0.4 is 4.90 Å². The fraction of sp³-hybridized carbons (Fsp3) is 0.273. The smallest absolute Gasteiger partial charge is 0.293 e. The molecule has 2 aromatic rings. The van der Waals surface area contributed by atoms with E-state index in [0.717, 1.165) is 0 Å². The Labute approximate surface area is 177 Å². The third-order valence-electron chi connectivity index (χ3n) is 5.75. The van der Waals surface area contributed by atoms with Gasteiger partial charge in [0.1, 0.15) is 5.69 Å². The Balaban J connectivity index is 1.86. The minimum Gasteiger partial charge on any atom is -0.294 e. The van der Waals surface area contributed by atoms with Crippen molar-refractivity contribution in [2.45, 2.75) is 38.5 Å². The summed E-state index contributed by atoms with van der Waals surface area (Å²) in [6, 6.07) is 10.5. The summed E-state index contributed by atoms with van der Waals surface area (Å²) in [5.41, 5.74) is 2.18. The highest BCUT2D eigenvalue weighted by molar-refractivity contribution is 6.08. The molecule has 0 fully saturated rings. The maximum atomic E-state index is 13.2. The predicted molar refractivity (Wildman–Crippen MR) is 112 cm³/mol. The summed E-state index contributed by atoms with van der Waals surface area (Å²) < 4.78 is 0. The maximum absolute atomic E-state index is 13.2. The zero-order valence-electron chi connectivity index (χ0n) is 16.7. The molecule has 2 aromatic carbocycles. The van der Waals surface area contributed by atoms with Crippen LogP contribution in [0.25, 0.3) is 0 Å². The van der Waals surface area contributed by atoms with Crippen molar-refractivity contribution in [3.63, 3.8) is 0 Å². The lowest BCUT2D eigenvalue weighted by molar-refractivity contribution is -0.384. The van der Waals surface area contributed by atoms with Crippen LogP contribution in [0.2, 0.25) is 0 Å². The fourth-order valence-corrected chi connectivity index (χ4v) is 4.35.